The summed E-state index contributed by atoms with van der Waals surface area (Å²) in [6, 6.07) is 1.11. The van der Waals surface area contributed by atoms with E-state index in [0.29, 0.717) is 0 Å². The molecule has 98 valence electrons. The van der Waals surface area contributed by atoms with Gasteiger partial charge in [0, 0.05) is 6.07 Å². The number of carbonyl (C=O) groups is 2. The van der Waals surface area contributed by atoms with Gasteiger partial charge in [0.15, 0.2) is 0 Å². The molecule has 6 heteroatoms. The summed E-state index contributed by atoms with van der Waals surface area (Å²) >= 11 is 0. The van der Waals surface area contributed by atoms with Crippen molar-refractivity contribution in [2.24, 2.45) is 0 Å². The average Bonchev–Trinajstić information content (AvgIpc) is 2.13. The molecule has 1 N–H and O–H groups in total. The Kier molecular flexibility index (Phi) is 4.36. The SMILES string of the molecule is CC(C)(C)OC(=O)CC(=O)Nc1cncc(F)c1. The summed E-state index contributed by atoms with van der Waals surface area (Å²) in [7, 11) is 0. The molecule has 0 aromatic carbocycles. The molecule has 1 amide bonds. The van der Waals surface area contributed by atoms with Gasteiger partial charge in [-0.05, 0) is 20.8 Å². The first-order valence-corrected chi connectivity index (χ1v) is 5.38. The van der Waals surface area contributed by atoms with Gasteiger partial charge in [-0.3, -0.25) is 14.6 Å². The molecule has 0 aliphatic carbocycles. The lowest BCUT2D eigenvalue weighted by Gasteiger charge is -2.19. The van der Waals surface area contributed by atoms with Crippen LogP contribution in [-0.4, -0.2) is 22.5 Å². The van der Waals surface area contributed by atoms with Gasteiger partial charge in [-0.2, -0.15) is 0 Å². The van der Waals surface area contributed by atoms with Crippen molar-refractivity contribution in [3.63, 3.8) is 0 Å². The number of hydrogen-bond acceptors (Lipinski definition) is 4. The number of ether oxygens (including phenoxy) is 1. The Bertz CT molecular complexity index is 455. The zero-order valence-corrected chi connectivity index (χ0v) is 10.5. The predicted octanol–water partition coefficient (Wildman–Crippen LogP) is 1.89. The van der Waals surface area contributed by atoms with Gasteiger partial charge in [-0.25, -0.2) is 4.39 Å². The van der Waals surface area contributed by atoms with Gasteiger partial charge in [0.05, 0.1) is 18.1 Å². The third kappa shape index (κ3) is 5.38. The first-order valence-electron chi connectivity index (χ1n) is 5.38. The van der Waals surface area contributed by atoms with E-state index in [-0.39, 0.29) is 5.69 Å². The maximum Gasteiger partial charge on any atom is 0.315 e. The number of hydrogen-bond donors (Lipinski definition) is 1. The molecule has 0 unspecified atom stereocenters. The molecule has 0 bridgehead atoms. The number of rotatable bonds is 3. The molecule has 0 atom stereocenters. The van der Waals surface area contributed by atoms with Crippen molar-refractivity contribution in [1.29, 1.82) is 0 Å². The normalized spacial score (nSPS) is 10.9. The van der Waals surface area contributed by atoms with Gasteiger partial charge in [0.2, 0.25) is 5.91 Å². The Labute approximate surface area is 104 Å². The fourth-order valence-electron chi connectivity index (χ4n) is 1.19. The molecule has 0 spiro atoms. The van der Waals surface area contributed by atoms with Crippen LogP contribution in [0.2, 0.25) is 0 Å². The van der Waals surface area contributed by atoms with E-state index in [9.17, 15) is 14.0 Å². The minimum absolute atomic E-state index is 0.198. The molecule has 1 rings (SSSR count). The van der Waals surface area contributed by atoms with Crippen molar-refractivity contribution >= 4 is 17.6 Å². The van der Waals surface area contributed by atoms with Crippen LogP contribution in [-0.2, 0) is 14.3 Å². The topological polar surface area (TPSA) is 68.3 Å². The summed E-state index contributed by atoms with van der Waals surface area (Å²) in [6.07, 6.45) is 1.88. The molecule has 0 aliphatic rings. The number of esters is 1. The molecular weight excluding hydrogens is 239 g/mol. The van der Waals surface area contributed by atoms with Crippen LogP contribution in [0.15, 0.2) is 18.5 Å². The maximum absolute atomic E-state index is 12.8. The fourth-order valence-corrected chi connectivity index (χ4v) is 1.19. The predicted molar refractivity (Wildman–Crippen MR) is 63.3 cm³/mol. The molecule has 1 aromatic rings. The number of nitrogens with one attached hydrogen (secondary N) is 1. The molecule has 1 aromatic heterocycles. The van der Waals surface area contributed by atoms with Crippen molar-refractivity contribution < 1.29 is 18.7 Å². The first-order chi connectivity index (χ1) is 8.26. The average molecular weight is 254 g/mol. The van der Waals surface area contributed by atoms with Crippen LogP contribution >= 0.6 is 0 Å². The van der Waals surface area contributed by atoms with Crippen LogP contribution in [0, 0.1) is 5.82 Å². The second-order valence-corrected chi connectivity index (χ2v) is 4.70. The summed E-state index contributed by atoms with van der Waals surface area (Å²) in [4.78, 5) is 26.4. The van der Waals surface area contributed by atoms with Gasteiger partial charge < -0.3 is 10.1 Å². The fraction of sp³-hybridized carbons (Fsp3) is 0.417. The van der Waals surface area contributed by atoms with Crippen molar-refractivity contribution in [1.82, 2.24) is 4.98 Å². The van der Waals surface area contributed by atoms with Gasteiger partial charge in [-0.1, -0.05) is 0 Å². The highest BCUT2D eigenvalue weighted by Crippen LogP contribution is 2.10. The van der Waals surface area contributed by atoms with Gasteiger partial charge in [0.1, 0.15) is 17.8 Å². The lowest BCUT2D eigenvalue weighted by atomic mass is 10.2. The van der Waals surface area contributed by atoms with Crippen LogP contribution in [0.3, 0.4) is 0 Å². The van der Waals surface area contributed by atoms with E-state index < -0.39 is 29.7 Å². The highest BCUT2D eigenvalue weighted by Gasteiger charge is 2.19. The Morgan fingerprint density at radius 2 is 2.06 bits per heavy atom. The molecule has 1 heterocycles. The smallest absolute Gasteiger partial charge is 0.315 e. The van der Waals surface area contributed by atoms with E-state index in [0.717, 1.165) is 12.3 Å². The Morgan fingerprint density at radius 1 is 1.39 bits per heavy atom. The van der Waals surface area contributed by atoms with Crippen molar-refractivity contribution in [2.75, 3.05) is 5.32 Å². The summed E-state index contributed by atoms with van der Waals surface area (Å²) < 4.78 is 17.8. The maximum atomic E-state index is 12.8. The minimum atomic E-state index is -0.641. The van der Waals surface area contributed by atoms with E-state index in [2.05, 4.69) is 10.3 Å². The molecule has 18 heavy (non-hydrogen) atoms. The van der Waals surface area contributed by atoms with Crippen LogP contribution in [0.1, 0.15) is 27.2 Å². The minimum Gasteiger partial charge on any atom is -0.460 e. The zero-order valence-electron chi connectivity index (χ0n) is 10.5. The van der Waals surface area contributed by atoms with Gasteiger partial charge in [-0.15, -0.1) is 0 Å². The van der Waals surface area contributed by atoms with Crippen LogP contribution in [0.25, 0.3) is 0 Å². The third-order valence-electron chi connectivity index (χ3n) is 1.71. The van der Waals surface area contributed by atoms with E-state index in [1.165, 1.54) is 6.20 Å². The monoisotopic (exact) mass is 254 g/mol. The number of nitrogens with zero attached hydrogens (tertiary/aromatic N) is 1. The van der Waals surface area contributed by atoms with Crippen LogP contribution in [0.4, 0.5) is 10.1 Å². The zero-order chi connectivity index (χ0) is 13.8. The number of aromatic nitrogens is 1. The van der Waals surface area contributed by atoms with Gasteiger partial charge in [0.25, 0.3) is 0 Å². The van der Waals surface area contributed by atoms with Crippen LogP contribution < -0.4 is 5.32 Å². The number of amides is 1. The summed E-state index contributed by atoms with van der Waals surface area (Å²) in [6.45, 7) is 5.12. The van der Waals surface area contributed by atoms with Crippen molar-refractivity contribution in [3.05, 3.63) is 24.3 Å². The molecule has 5 nitrogen and oxygen atoms in total. The highest BCUT2D eigenvalue weighted by molar-refractivity contribution is 6.01. The highest BCUT2D eigenvalue weighted by atomic mass is 19.1. The molecule has 0 saturated carbocycles. The lowest BCUT2D eigenvalue weighted by Crippen LogP contribution is -2.27. The Morgan fingerprint density at radius 3 is 2.61 bits per heavy atom. The first kappa shape index (κ1) is 14.1. The number of pyridine rings is 1. The van der Waals surface area contributed by atoms with Crippen molar-refractivity contribution in [2.45, 2.75) is 32.8 Å². The van der Waals surface area contributed by atoms with Crippen molar-refractivity contribution in [3.8, 4) is 0 Å². The molecule has 0 saturated heterocycles. The lowest BCUT2D eigenvalue weighted by molar-refractivity contribution is -0.155. The molecule has 0 radical (unpaired) electrons. The largest absolute Gasteiger partial charge is 0.460 e. The number of halogens is 1. The summed E-state index contributed by atoms with van der Waals surface area (Å²) in [5.74, 6) is -1.77. The van der Waals surface area contributed by atoms with E-state index in [4.69, 9.17) is 4.74 Å². The standard InChI is InChI=1S/C12H15FN2O3/c1-12(2,3)18-11(17)5-10(16)15-9-4-8(13)6-14-7-9/h4,6-7H,5H2,1-3H3,(H,15,16). The molecule has 0 fully saturated rings. The number of carbonyl (C=O) groups excluding carboxylic acids is 2. The van der Waals surface area contributed by atoms with Gasteiger partial charge >= 0.3 is 5.97 Å². The van der Waals surface area contributed by atoms with E-state index in [1.54, 1.807) is 20.8 Å². The second kappa shape index (κ2) is 5.57. The van der Waals surface area contributed by atoms with E-state index in [1.807, 2.05) is 0 Å². The number of anilines is 1. The third-order valence-corrected chi connectivity index (χ3v) is 1.71. The van der Waals surface area contributed by atoms with E-state index >= 15 is 0 Å². The Balaban J connectivity index is 2.50. The summed E-state index contributed by atoms with van der Waals surface area (Å²) in [5, 5.41) is 2.36. The molecule has 0 aliphatic heterocycles. The molecular formula is C12H15FN2O3. The Hall–Kier alpha value is -1.98. The quantitative estimate of drug-likeness (QED) is 0.660. The summed E-state index contributed by atoms with van der Waals surface area (Å²) in [5.41, 5.74) is -0.443. The second-order valence-electron chi connectivity index (χ2n) is 4.70. The van der Waals surface area contributed by atoms with Crippen LogP contribution in [0.5, 0.6) is 0 Å².